The molecule has 0 radical (unpaired) electrons. The number of hydrogen-bond donors (Lipinski definition) is 2. The van der Waals surface area contributed by atoms with Gasteiger partial charge in [-0.15, -0.1) is 0 Å². The van der Waals surface area contributed by atoms with Gasteiger partial charge in [0.25, 0.3) is 0 Å². The van der Waals surface area contributed by atoms with Crippen LogP contribution in [0.3, 0.4) is 0 Å². The first-order valence-corrected chi connectivity index (χ1v) is 8.89. The molecule has 0 aromatic heterocycles. The highest BCUT2D eigenvalue weighted by Gasteiger charge is 2.25. The number of aliphatic hydroxyl groups excluding tert-OH is 1. The molecule has 2 aliphatic rings. The quantitative estimate of drug-likeness (QED) is 0.815. The van der Waals surface area contributed by atoms with Crippen molar-refractivity contribution >= 4 is 45.3 Å². The molecule has 5 nitrogen and oxygen atoms in total. The summed E-state index contributed by atoms with van der Waals surface area (Å²) in [6.45, 7) is 1.76. The summed E-state index contributed by atoms with van der Waals surface area (Å²) in [6.07, 6.45) is 3.33. The van der Waals surface area contributed by atoms with E-state index in [2.05, 4.69) is 26.2 Å². The van der Waals surface area contributed by atoms with Gasteiger partial charge in [0.15, 0.2) is 5.78 Å². The summed E-state index contributed by atoms with van der Waals surface area (Å²) in [5.74, 6) is 0.0987. The first kappa shape index (κ1) is 16.9. The van der Waals surface area contributed by atoms with E-state index in [0.29, 0.717) is 24.5 Å². The summed E-state index contributed by atoms with van der Waals surface area (Å²) in [5.41, 5.74) is 1.87. The minimum absolute atomic E-state index is 0.0987. The number of benzene rings is 1. The molecule has 1 aromatic carbocycles. The second-order valence-corrected chi connectivity index (χ2v) is 7.32. The van der Waals surface area contributed by atoms with Crippen LogP contribution in [0.25, 0.3) is 0 Å². The van der Waals surface area contributed by atoms with Crippen molar-refractivity contribution in [1.82, 2.24) is 10.2 Å². The molecule has 0 aliphatic carbocycles. The Morgan fingerprint density at radius 3 is 3.13 bits per heavy atom. The Bertz CT molecular complexity index is 638. The van der Waals surface area contributed by atoms with E-state index in [1.54, 1.807) is 6.34 Å². The SMILES string of the molecule is O=C(C[C@H]1NCCC[C@@H]1O)CN1C=Nc2cc(Br)c(Cl)cc2C1. The molecule has 2 N–H and O–H groups in total. The van der Waals surface area contributed by atoms with Gasteiger partial charge in [0.05, 0.1) is 29.7 Å². The van der Waals surface area contributed by atoms with Gasteiger partial charge in [0.2, 0.25) is 0 Å². The standard InChI is InChI=1S/C16H19BrClN3O2/c17-12-6-14-10(4-13(12)18)7-21(9-20-14)8-11(22)5-15-16(23)2-1-3-19-15/h4,6,9,15-16,19,23H,1-3,5,7-8H2/t15-,16+/m1/s1. The van der Waals surface area contributed by atoms with Crippen molar-refractivity contribution in [3.05, 3.63) is 27.2 Å². The highest BCUT2D eigenvalue weighted by molar-refractivity contribution is 9.10. The number of rotatable bonds is 4. The van der Waals surface area contributed by atoms with Crippen molar-refractivity contribution in [1.29, 1.82) is 0 Å². The molecular formula is C16H19BrClN3O2. The zero-order chi connectivity index (χ0) is 16.4. The number of hydrogen-bond acceptors (Lipinski definition) is 5. The fourth-order valence-electron chi connectivity index (χ4n) is 3.00. The van der Waals surface area contributed by atoms with E-state index in [4.69, 9.17) is 11.6 Å². The Hall–Kier alpha value is -0.950. The molecule has 124 valence electrons. The van der Waals surface area contributed by atoms with Crippen LogP contribution in [0.1, 0.15) is 24.8 Å². The summed E-state index contributed by atoms with van der Waals surface area (Å²) < 4.78 is 0.817. The summed E-state index contributed by atoms with van der Waals surface area (Å²) in [4.78, 5) is 18.5. The average molecular weight is 401 g/mol. The minimum atomic E-state index is -0.431. The lowest BCUT2D eigenvalue weighted by Crippen LogP contribution is -2.47. The predicted molar refractivity (Wildman–Crippen MR) is 94.4 cm³/mol. The molecule has 0 amide bonds. The van der Waals surface area contributed by atoms with Gasteiger partial charge in [-0.1, -0.05) is 11.6 Å². The summed E-state index contributed by atoms with van der Waals surface area (Å²) in [5, 5.41) is 13.8. The number of aliphatic imine (C=N–C) groups is 1. The highest BCUT2D eigenvalue weighted by Crippen LogP contribution is 2.33. The smallest absolute Gasteiger partial charge is 0.153 e. The lowest BCUT2D eigenvalue weighted by atomic mass is 9.96. The van der Waals surface area contributed by atoms with Crippen LogP contribution in [0.2, 0.25) is 5.02 Å². The van der Waals surface area contributed by atoms with Crippen LogP contribution in [0.4, 0.5) is 5.69 Å². The van der Waals surface area contributed by atoms with Crippen molar-refractivity contribution in [3.8, 4) is 0 Å². The van der Waals surface area contributed by atoms with Crippen LogP contribution in [-0.2, 0) is 11.3 Å². The summed E-state index contributed by atoms with van der Waals surface area (Å²) in [7, 11) is 0. The molecule has 1 aromatic rings. The largest absolute Gasteiger partial charge is 0.391 e. The lowest BCUT2D eigenvalue weighted by molar-refractivity contribution is -0.120. The summed E-state index contributed by atoms with van der Waals surface area (Å²) in [6, 6.07) is 3.63. The third kappa shape index (κ3) is 4.12. The molecule has 3 rings (SSSR count). The van der Waals surface area contributed by atoms with Crippen LogP contribution in [0.15, 0.2) is 21.6 Å². The van der Waals surface area contributed by atoms with Crippen molar-refractivity contribution in [3.63, 3.8) is 0 Å². The fraction of sp³-hybridized carbons (Fsp3) is 0.500. The number of fused-ring (bicyclic) bond motifs is 1. The Balaban J connectivity index is 1.59. The maximum Gasteiger partial charge on any atom is 0.153 e. The topological polar surface area (TPSA) is 64.9 Å². The molecule has 2 heterocycles. The van der Waals surface area contributed by atoms with Gasteiger partial charge in [-0.25, -0.2) is 4.99 Å². The Morgan fingerprint density at radius 1 is 1.52 bits per heavy atom. The van der Waals surface area contributed by atoms with Gasteiger partial charge in [-0.3, -0.25) is 4.79 Å². The number of ketones is 1. The van der Waals surface area contributed by atoms with Crippen LogP contribution in [-0.4, -0.2) is 47.4 Å². The van der Waals surface area contributed by atoms with E-state index in [9.17, 15) is 9.90 Å². The molecule has 0 bridgehead atoms. The maximum absolute atomic E-state index is 12.3. The van der Waals surface area contributed by atoms with E-state index in [0.717, 1.165) is 35.1 Å². The van der Waals surface area contributed by atoms with Gasteiger partial charge in [0, 0.05) is 23.5 Å². The molecule has 2 aliphatic heterocycles. The molecule has 0 unspecified atom stereocenters. The van der Waals surface area contributed by atoms with Crippen LogP contribution < -0.4 is 5.32 Å². The Labute approximate surface area is 148 Å². The van der Waals surface area contributed by atoms with E-state index in [-0.39, 0.29) is 11.8 Å². The minimum Gasteiger partial charge on any atom is -0.391 e. The third-order valence-electron chi connectivity index (χ3n) is 4.23. The van der Waals surface area contributed by atoms with E-state index in [1.165, 1.54) is 0 Å². The number of Topliss-reactive ketones (excluding diaryl/α,β-unsaturated/α-hetero) is 1. The normalized spacial score (nSPS) is 23.7. The molecule has 1 saturated heterocycles. The fourth-order valence-corrected chi connectivity index (χ4v) is 3.52. The van der Waals surface area contributed by atoms with Crippen molar-refractivity contribution in [2.24, 2.45) is 4.99 Å². The highest BCUT2D eigenvalue weighted by atomic mass is 79.9. The van der Waals surface area contributed by atoms with Crippen LogP contribution in [0, 0.1) is 0 Å². The molecule has 0 saturated carbocycles. The number of carbonyl (C=O) groups is 1. The molecule has 0 spiro atoms. The number of nitrogens with one attached hydrogen (secondary N) is 1. The van der Waals surface area contributed by atoms with Crippen LogP contribution >= 0.6 is 27.5 Å². The summed E-state index contributed by atoms with van der Waals surface area (Å²) >= 11 is 9.51. The van der Waals surface area contributed by atoms with Crippen LogP contribution in [0.5, 0.6) is 0 Å². The first-order valence-electron chi connectivity index (χ1n) is 7.72. The second kappa shape index (κ2) is 7.30. The number of nitrogens with zero attached hydrogens (tertiary/aromatic N) is 2. The number of halogens is 2. The monoisotopic (exact) mass is 399 g/mol. The van der Waals surface area contributed by atoms with Gasteiger partial charge in [-0.2, -0.15) is 0 Å². The zero-order valence-corrected chi connectivity index (χ0v) is 15.0. The Morgan fingerprint density at radius 2 is 2.35 bits per heavy atom. The number of aliphatic hydroxyl groups is 1. The van der Waals surface area contributed by atoms with Crippen molar-refractivity contribution < 1.29 is 9.90 Å². The molecular weight excluding hydrogens is 382 g/mol. The zero-order valence-electron chi connectivity index (χ0n) is 12.6. The number of piperidine rings is 1. The van der Waals surface area contributed by atoms with Gasteiger partial charge >= 0.3 is 0 Å². The van der Waals surface area contributed by atoms with E-state index >= 15 is 0 Å². The second-order valence-electron chi connectivity index (χ2n) is 6.06. The maximum atomic E-state index is 12.3. The van der Waals surface area contributed by atoms with Gasteiger partial charge in [-0.05, 0) is 53.0 Å². The van der Waals surface area contributed by atoms with Gasteiger partial charge in [0.1, 0.15) is 0 Å². The molecule has 7 heteroatoms. The number of carbonyl (C=O) groups excluding carboxylic acids is 1. The molecule has 2 atom stereocenters. The Kier molecular flexibility index (Phi) is 5.36. The van der Waals surface area contributed by atoms with E-state index < -0.39 is 6.10 Å². The van der Waals surface area contributed by atoms with Crippen molar-refractivity contribution in [2.75, 3.05) is 13.1 Å². The molecule has 23 heavy (non-hydrogen) atoms. The van der Waals surface area contributed by atoms with Gasteiger partial charge < -0.3 is 15.3 Å². The third-order valence-corrected chi connectivity index (χ3v) is 5.43. The molecule has 1 fully saturated rings. The first-order chi connectivity index (χ1) is 11.0. The van der Waals surface area contributed by atoms with Crippen molar-refractivity contribution in [2.45, 2.75) is 38.0 Å². The average Bonchev–Trinajstić information content (AvgIpc) is 2.51. The predicted octanol–water partition coefficient (Wildman–Crippen LogP) is 2.65. The van der Waals surface area contributed by atoms with E-state index in [1.807, 2.05) is 17.0 Å². The lowest BCUT2D eigenvalue weighted by Gasteiger charge is -2.29.